The van der Waals surface area contributed by atoms with E-state index in [-0.39, 0.29) is 17.4 Å². The van der Waals surface area contributed by atoms with Crippen molar-refractivity contribution < 1.29 is 18.3 Å². The number of amides is 1. The van der Waals surface area contributed by atoms with Crippen molar-refractivity contribution in [3.8, 4) is 5.75 Å². The lowest BCUT2D eigenvalue weighted by atomic mass is 10.1. The van der Waals surface area contributed by atoms with Crippen molar-refractivity contribution in [1.29, 1.82) is 0 Å². The molecule has 1 aromatic heterocycles. The van der Waals surface area contributed by atoms with Gasteiger partial charge in [-0.05, 0) is 25.9 Å². The van der Waals surface area contributed by atoms with Gasteiger partial charge in [0.2, 0.25) is 0 Å². The van der Waals surface area contributed by atoms with Gasteiger partial charge in [0.15, 0.2) is 23.1 Å². The molecule has 2 aromatic rings. The zero-order valence-electron chi connectivity index (χ0n) is 13.1. The second kappa shape index (κ2) is 6.91. The predicted octanol–water partition coefficient (Wildman–Crippen LogP) is 1.74. The minimum Gasteiger partial charge on any atom is -0.491 e. The van der Waals surface area contributed by atoms with Crippen LogP contribution in [0, 0.1) is 11.6 Å². The number of ether oxygens (including phenoxy) is 1. The zero-order chi connectivity index (χ0) is 17.1. The van der Waals surface area contributed by atoms with Crippen LogP contribution in [-0.4, -0.2) is 41.1 Å². The summed E-state index contributed by atoms with van der Waals surface area (Å²) in [5.74, 6) is -2.87. The normalized spacial score (nSPS) is 15.3. The first kappa shape index (κ1) is 16.3. The van der Waals surface area contributed by atoms with Crippen molar-refractivity contribution in [2.24, 2.45) is 0 Å². The van der Waals surface area contributed by atoms with Gasteiger partial charge in [-0.15, -0.1) is 5.10 Å². The molecule has 1 saturated heterocycles. The summed E-state index contributed by atoms with van der Waals surface area (Å²) in [7, 11) is 1.17. The third-order valence-corrected chi connectivity index (χ3v) is 3.89. The summed E-state index contributed by atoms with van der Waals surface area (Å²) < 4.78 is 33.6. The van der Waals surface area contributed by atoms with Crippen molar-refractivity contribution in [3.05, 3.63) is 35.7 Å². The molecule has 1 amide bonds. The third kappa shape index (κ3) is 3.35. The van der Waals surface area contributed by atoms with Gasteiger partial charge >= 0.3 is 0 Å². The Bertz CT molecular complexity index is 720. The molecule has 0 bridgehead atoms. The number of hydrogen-bond acceptors (Lipinski definition) is 5. The molecule has 128 valence electrons. The number of rotatable bonds is 4. The SMILES string of the molecule is COc1c(F)cc(NC(=O)c2cn(C3CCNCC3)nn2)cc1F. The number of aromatic nitrogens is 3. The number of anilines is 1. The first-order chi connectivity index (χ1) is 11.6. The monoisotopic (exact) mass is 337 g/mol. The van der Waals surface area contributed by atoms with E-state index < -0.39 is 23.3 Å². The number of hydrogen-bond donors (Lipinski definition) is 2. The molecular formula is C15H17F2N5O2. The lowest BCUT2D eigenvalue weighted by Crippen LogP contribution is -2.29. The molecule has 1 aliphatic rings. The maximum absolute atomic E-state index is 13.7. The highest BCUT2D eigenvalue weighted by atomic mass is 19.1. The number of nitrogens with zero attached hydrogens (tertiary/aromatic N) is 3. The van der Waals surface area contributed by atoms with Crippen molar-refractivity contribution >= 4 is 11.6 Å². The van der Waals surface area contributed by atoms with Crippen LogP contribution in [0.2, 0.25) is 0 Å². The first-order valence-electron chi connectivity index (χ1n) is 7.55. The summed E-state index contributed by atoms with van der Waals surface area (Å²) in [5.41, 5.74) is 0.0670. The summed E-state index contributed by atoms with van der Waals surface area (Å²) in [6, 6.07) is 2.16. The molecular weight excluding hydrogens is 320 g/mol. The van der Waals surface area contributed by atoms with Crippen LogP contribution in [0.5, 0.6) is 5.75 Å². The molecule has 0 unspecified atom stereocenters. The zero-order valence-corrected chi connectivity index (χ0v) is 13.1. The average molecular weight is 337 g/mol. The number of benzene rings is 1. The molecule has 7 nitrogen and oxygen atoms in total. The summed E-state index contributed by atoms with van der Waals surface area (Å²) in [6.07, 6.45) is 3.35. The summed E-state index contributed by atoms with van der Waals surface area (Å²) in [5, 5.41) is 13.5. The van der Waals surface area contributed by atoms with Crippen molar-refractivity contribution in [2.45, 2.75) is 18.9 Å². The van der Waals surface area contributed by atoms with E-state index in [4.69, 9.17) is 0 Å². The van der Waals surface area contributed by atoms with Gasteiger partial charge in [-0.25, -0.2) is 13.5 Å². The molecule has 24 heavy (non-hydrogen) atoms. The quantitative estimate of drug-likeness (QED) is 0.888. The van der Waals surface area contributed by atoms with E-state index >= 15 is 0 Å². The average Bonchev–Trinajstić information content (AvgIpc) is 3.05. The second-order valence-corrected chi connectivity index (χ2v) is 5.49. The molecule has 0 saturated carbocycles. The Labute approximate surface area is 137 Å². The number of carbonyl (C=O) groups is 1. The lowest BCUT2D eigenvalue weighted by Gasteiger charge is -2.22. The van der Waals surface area contributed by atoms with E-state index in [0.29, 0.717) is 0 Å². The maximum atomic E-state index is 13.7. The minimum atomic E-state index is -0.897. The summed E-state index contributed by atoms with van der Waals surface area (Å²) in [6.45, 7) is 1.77. The van der Waals surface area contributed by atoms with Crippen molar-refractivity contribution in [3.63, 3.8) is 0 Å². The second-order valence-electron chi connectivity index (χ2n) is 5.49. The topological polar surface area (TPSA) is 81.1 Å². The van der Waals surface area contributed by atoms with E-state index in [1.54, 1.807) is 10.9 Å². The number of halogens is 2. The van der Waals surface area contributed by atoms with Gasteiger partial charge in [0.1, 0.15) is 0 Å². The predicted molar refractivity (Wildman–Crippen MR) is 82.0 cm³/mol. The number of nitrogens with one attached hydrogen (secondary N) is 2. The Morgan fingerprint density at radius 2 is 2.00 bits per heavy atom. The molecule has 0 aliphatic carbocycles. The lowest BCUT2D eigenvalue weighted by molar-refractivity contribution is 0.102. The van der Waals surface area contributed by atoms with E-state index in [9.17, 15) is 13.6 Å². The van der Waals surface area contributed by atoms with Crippen molar-refractivity contribution in [1.82, 2.24) is 20.3 Å². The minimum absolute atomic E-state index is 0.0211. The molecule has 3 rings (SSSR count). The third-order valence-electron chi connectivity index (χ3n) is 3.89. The highest BCUT2D eigenvalue weighted by Crippen LogP contribution is 2.25. The van der Waals surface area contributed by atoms with Crippen LogP contribution in [-0.2, 0) is 0 Å². The Hall–Kier alpha value is -2.55. The van der Waals surface area contributed by atoms with Crippen molar-refractivity contribution in [2.75, 3.05) is 25.5 Å². The Morgan fingerprint density at radius 1 is 1.33 bits per heavy atom. The van der Waals surface area contributed by atoms with Gasteiger partial charge in [0.05, 0.1) is 19.3 Å². The van der Waals surface area contributed by atoms with E-state index in [1.165, 1.54) is 7.11 Å². The molecule has 2 N–H and O–H groups in total. The van der Waals surface area contributed by atoms with E-state index in [1.807, 2.05) is 0 Å². The highest BCUT2D eigenvalue weighted by Gasteiger charge is 2.19. The van der Waals surface area contributed by atoms with Gasteiger partial charge in [-0.3, -0.25) is 4.79 Å². The molecule has 0 spiro atoms. The van der Waals surface area contributed by atoms with Gasteiger partial charge in [-0.1, -0.05) is 5.21 Å². The van der Waals surface area contributed by atoms with Crippen LogP contribution in [0.1, 0.15) is 29.4 Å². The van der Waals surface area contributed by atoms with E-state index in [2.05, 4.69) is 25.7 Å². The number of methoxy groups -OCH3 is 1. The van der Waals surface area contributed by atoms with Crippen LogP contribution >= 0.6 is 0 Å². The van der Waals surface area contributed by atoms with Gasteiger partial charge in [0.25, 0.3) is 5.91 Å². The Morgan fingerprint density at radius 3 is 2.62 bits per heavy atom. The van der Waals surface area contributed by atoms with Gasteiger partial charge in [-0.2, -0.15) is 0 Å². The van der Waals surface area contributed by atoms with Crippen LogP contribution in [0.15, 0.2) is 18.3 Å². The smallest absolute Gasteiger partial charge is 0.277 e. The summed E-state index contributed by atoms with van der Waals surface area (Å²) >= 11 is 0. The maximum Gasteiger partial charge on any atom is 0.277 e. The van der Waals surface area contributed by atoms with Gasteiger partial charge in [0, 0.05) is 17.8 Å². The molecule has 1 fully saturated rings. The van der Waals surface area contributed by atoms with Crippen LogP contribution in [0.25, 0.3) is 0 Å². The molecule has 1 aliphatic heterocycles. The number of piperidine rings is 1. The molecule has 1 aromatic carbocycles. The van der Waals surface area contributed by atoms with E-state index in [0.717, 1.165) is 38.1 Å². The molecule has 0 atom stereocenters. The standard InChI is InChI=1S/C15H17F2N5O2/c1-24-14-11(16)6-9(7-12(14)17)19-15(23)13-8-22(21-20-13)10-2-4-18-5-3-10/h6-8,10,18H,2-5H2,1H3,(H,19,23). The fourth-order valence-electron chi connectivity index (χ4n) is 2.65. The van der Waals surface area contributed by atoms with Crippen LogP contribution < -0.4 is 15.4 Å². The molecule has 0 radical (unpaired) electrons. The largest absolute Gasteiger partial charge is 0.491 e. The van der Waals surface area contributed by atoms with Gasteiger partial charge < -0.3 is 15.4 Å². The molecule has 2 heterocycles. The van der Waals surface area contributed by atoms with Crippen LogP contribution in [0.3, 0.4) is 0 Å². The first-order valence-corrected chi connectivity index (χ1v) is 7.55. The summed E-state index contributed by atoms with van der Waals surface area (Å²) in [4.78, 5) is 12.2. The molecule has 9 heteroatoms. The Balaban J connectivity index is 1.72. The Kier molecular flexibility index (Phi) is 4.70. The highest BCUT2D eigenvalue weighted by molar-refractivity contribution is 6.02. The number of carbonyl (C=O) groups excluding carboxylic acids is 1. The van der Waals surface area contributed by atoms with Crippen LogP contribution in [0.4, 0.5) is 14.5 Å². The fraction of sp³-hybridized carbons (Fsp3) is 0.400. The fourth-order valence-corrected chi connectivity index (χ4v) is 2.65.